The summed E-state index contributed by atoms with van der Waals surface area (Å²) >= 11 is 7.31. The fourth-order valence-electron chi connectivity index (χ4n) is 1.65. The maximum Gasteiger partial charge on any atom is 0.321 e. The number of carbonyl (C=O) groups is 2. The Labute approximate surface area is 145 Å². The molecule has 2 aromatic rings. The number of thiophene rings is 1. The SMILES string of the molecule is O=C(COc1ccc([N+](=O)[O-])cc1Cl)NC(=O)NCc1cccs1. The summed E-state index contributed by atoms with van der Waals surface area (Å²) in [5.74, 6) is -0.565. The fourth-order valence-corrected chi connectivity index (χ4v) is 2.53. The van der Waals surface area contributed by atoms with Gasteiger partial charge in [-0.1, -0.05) is 17.7 Å². The van der Waals surface area contributed by atoms with Gasteiger partial charge in [0.05, 0.1) is 16.5 Å². The van der Waals surface area contributed by atoms with Crippen LogP contribution >= 0.6 is 22.9 Å². The first-order valence-corrected chi connectivity index (χ1v) is 7.88. The highest BCUT2D eigenvalue weighted by Gasteiger charge is 2.13. The van der Waals surface area contributed by atoms with E-state index in [-0.39, 0.29) is 16.5 Å². The highest BCUT2D eigenvalue weighted by Crippen LogP contribution is 2.28. The summed E-state index contributed by atoms with van der Waals surface area (Å²) < 4.78 is 5.14. The molecule has 0 bridgehead atoms. The van der Waals surface area contributed by atoms with Crippen LogP contribution in [0.1, 0.15) is 4.88 Å². The molecular formula is C14H12ClN3O5S. The molecule has 0 radical (unpaired) electrons. The minimum atomic E-state index is -0.673. The van der Waals surface area contributed by atoms with E-state index in [1.165, 1.54) is 23.5 Å². The third-order valence-corrected chi connectivity index (χ3v) is 3.91. The zero-order valence-corrected chi connectivity index (χ0v) is 13.7. The summed E-state index contributed by atoms with van der Waals surface area (Å²) in [4.78, 5) is 34.1. The number of hydrogen-bond donors (Lipinski definition) is 2. The van der Waals surface area contributed by atoms with Crippen molar-refractivity contribution >= 4 is 40.6 Å². The van der Waals surface area contributed by atoms with E-state index in [1.54, 1.807) is 0 Å². The molecule has 0 saturated heterocycles. The molecule has 0 saturated carbocycles. The lowest BCUT2D eigenvalue weighted by Crippen LogP contribution is -2.41. The molecule has 10 heteroatoms. The van der Waals surface area contributed by atoms with E-state index in [2.05, 4.69) is 10.6 Å². The lowest BCUT2D eigenvalue weighted by atomic mass is 10.3. The summed E-state index contributed by atoms with van der Waals surface area (Å²) in [6, 6.07) is 6.66. The standard InChI is InChI=1S/C14H12ClN3O5S/c15-11-6-9(18(21)22)3-4-12(11)23-8-13(19)17-14(20)16-7-10-2-1-5-24-10/h1-6H,7-8H2,(H2,16,17,19,20). The van der Waals surface area contributed by atoms with Crippen molar-refractivity contribution in [2.24, 2.45) is 0 Å². The van der Waals surface area contributed by atoms with Gasteiger partial charge in [-0.25, -0.2) is 4.79 Å². The molecule has 1 aromatic heterocycles. The van der Waals surface area contributed by atoms with Gasteiger partial charge in [0.15, 0.2) is 6.61 Å². The van der Waals surface area contributed by atoms with Gasteiger partial charge >= 0.3 is 6.03 Å². The first kappa shape index (κ1) is 17.7. The van der Waals surface area contributed by atoms with Crippen LogP contribution in [0.25, 0.3) is 0 Å². The summed E-state index contributed by atoms with van der Waals surface area (Å²) in [6.07, 6.45) is 0. The second-order valence-electron chi connectivity index (χ2n) is 4.47. The van der Waals surface area contributed by atoms with Gasteiger partial charge in [0.25, 0.3) is 11.6 Å². The lowest BCUT2D eigenvalue weighted by molar-refractivity contribution is -0.384. The third-order valence-electron chi connectivity index (χ3n) is 2.74. The van der Waals surface area contributed by atoms with Gasteiger partial charge in [-0.3, -0.25) is 20.2 Å². The summed E-state index contributed by atoms with van der Waals surface area (Å²) in [6.45, 7) is -0.143. The molecule has 0 unspecified atom stereocenters. The van der Waals surface area contributed by atoms with Gasteiger partial charge in [-0.05, 0) is 17.5 Å². The number of imide groups is 1. The van der Waals surface area contributed by atoms with Crippen LogP contribution < -0.4 is 15.4 Å². The number of carbonyl (C=O) groups excluding carboxylic acids is 2. The molecule has 0 aliphatic rings. The van der Waals surface area contributed by atoms with Crippen LogP contribution in [0.4, 0.5) is 10.5 Å². The molecule has 24 heavy (non-hydrogen) atoms. The molecule has 0 aliphatic heterocycles. The Hall–Kier alpha value is -2.65. The van der Waals surface area contributed by atoms with E-state index >= 15 is 0 Å². The molecule has 3 amide bonds. The first-order valence-electron chi connectivity index (χ1n) is 6.62. The Bertz CT molecular complexity index is 751. The number of non-ortho nitro benzene ring substituents is 1. The van der Waals surface area contributed by atoms with Gasteiger partial charge in [0.1, 0.15) is 5.75 Å². The van der Waals surface area contributed by atoms with Crippen molar-refractivity contribution in [2.75, 3.05) is 6.61 Å². The largest absolute Gasteiger partial charge is 0.482 e. The second-order valence-corrected chi connectivity index (χ2v) is 5.91. The van der Waals surface area contributed by atoms with Gasteiger partial charge < -0.3 is 10.1 Å². The van der Waals surface area contributed by atoms with Gasteiger partial charge in [-0.2, -0.15) is 0 Å². The Kier molecular flexibility index (Phi) is 6.10. The van der Waals surface area contributed by atoms with E-state index in [0.29, 0.717) is 6.54 Å². The minimum absolute atomic E-state index is 0.000790. The molecule has 126 valence electrons. The number of nitro groups is 1. The molecule has 1 heterocycles. The number of amides is 3. The van der Waals surface area contributed by atoms with E-state index < -0.39 is 23.5 Å². The quantitative estimate of drug-likeness (QED) is 0.600. The average molecular weight is 370 g/mol. The zero-order valence-electron chi connectivity index (χ0n) is 12.2. The average Bonchev–Trinajstić information content (AvgIpc) is 3.05. The summed E-state index contributed by atoms with van der Waals surface area (Å²) in [7, 11) is 0. The molecule has 0 atom stereocenters. The van der Waals surface area contributed by atoms with Crippen LogP contribution in [0.15, 0.2) is 35.7 Å². The molecule has 1 aromatic carbocycles. The predicted octanol–water partition coefficient (Wildman–Crippen LogP) is 2.71. The maximum absolute atomic E-state index is 11.6. The highest BCUT2D eigenvalue weighted by atomic mass is 35.5. The van der Waals surface area contributed by atoms with Crippen molar-refractivity contribution in [1.29, 1.82) is 0 Å². The van der Waals surface area contributed by atoms with Crippen LogP contribution in [0.3, 0.4) is 0 Å². The molecule has 0 aliphatic carbocycles. The Morgan fingerprint density at radius 1 is 1.33 bits per heavy atom. The number of benzene rings is 1. The van der Waals surface area contributed by atoms with Crippen LogP contribution in [0, 0.1) is 10.1 Å². The number of urea groups is 1. The minimum Gasteiger partial charge on any atom is -0.482 e. The van der Waals surface area contributed by atoms with Crippen LogP contribution in [0.2, 0.25) is 5.02 Å². The highest BCUT2D eigenvalue weighted by molar-refractivity contribution is 7.09. The molecule has 0 spiro atoms. The molecule has 2 N–H and O–H groups in total. The van der Waals surface area contributed by atoms with Crippen molar-refractivity contribution in [3.63, 3.8) is 0 Å². The lowest BCUT2D eigenvalue weighted by Gasteiger charge is -2.08. The van der Waals surface area contributed by atoms with E-state index in [0.717, 1.165) is 10.9 Å². The Balaban J connectivity index is 1.78. The number of ether oxygens (including phenoxy) is 1. The molecule has 0 fully saturated rings. The van der Waals surface area contributed by atoms with Crippen molar-refractivity contribution in [1.82, 2.24) is 10.6 Å². The summed E-state index contributed by atoms with van der Waals surface area (Å²) in [5, 5.41) is 17.1. The van der Waals surface area contributed by atoms with Crippen molar-refractivity contribution < 1.29 is 19.2 Å². The Morgan fingerprint density at radius 2 is 2.12 bits per heavy atom. The van der Waals surface area contributed by atoms with E-state index in [9.17, 15) is 19.7 Å². The van der Waals surface area contributed by atoms with Crippen molar-refractivity contribution in [3.8, 4) is 5.75 Å². The fraction of sp³-hybridized carbons (Fsp3) is 0.143. The molecular weight excluding hydrogens is 358 g/mol. The topological polar surface area (TPSA) is 111 Å². The van der Waals surface area contributed by atoms with E-state index in [1.807, 2.05) is 17.5 Å². The monoisotopic (exact) mass is 369 g/mol. The van der Waals surface area contributed by atoms with E-state index in [4.69, 9.17) is 16.3 Å². The number of nitrogens with zero attached hydrogens (tertiary/aromatic N) is 1. The summed E-state index contributed by atoms with van der Waals surface area (Å²) in [5.41, 5.74) is -0.190. The van der Waals surface area contributed by atoms with Gasteiger partial charge in [0.2, 0.25) is 0 Å². The van der Waals surface area contributed by atoms with Crippen LogP contribution in [0.5, 0.6) is 5.75 Å². The predicted molar refractivity (Wildman–Crippen MR) is 88.3 cm³/mol. The van der Waals surface area contributed by atoms with Crippen molar-refractivity contribution in [2.45, 2.75) is 6.54 Å². The van der Waals surface area contributed by atoms with Gasteiger partial charge in [0, 0.05) is 17.0 Å². The number of nitrogens with one attached hydrogen (secondary N) is 2. The normalized spacial score (nSPS) is 10.0. The third kappa shape index (κ3) is 5.21. The van der Waals surface area contributed by atoms with Crippen molar-refractivity contribution in [3.05, 3.63) is 55.7 Å². The van der Waals surface area contributed by atoms with Gasteiger partial charge in [-0.15, -0.1) is 11.3 Å². The smallest absolute Gasteiger partial charge is 0.321 e. The van der Waals surface area contributed by atoms with Crippen LogP contribution in [-0.4, -0.2) is 23.5 Å². The number of rotatable bonds is 6. The number of nitro benzene ring substituents is 1. The number of hydrogen-bond acceptors (Lipinski definition) is 6. The maximum atomic E-state index is 11.6. The second kappa shape index (κ2) is 8.27. The molecule has 2 rings (SSSR count). The number of halogens is 1. The molecule has 8 nitrogen and oxygen atoms in total. The van der Waals surface area contributed by atoms with Crippen LogP contribution in [-0.2, 0) is 11.3 Å². The zero-order chi connectivity index (χ0) is 17.5. The first-order chi connectivity index (χ1) is 11.5. The Morgan fingerprint density at radius 3 is 2.75 bits per heavy atom.